The molecule has 0 bridgehead atoms. The van der Waals surface area contributed by atoms with Crippen LogP contribution in [-0.2, 0) is 22.6 Å². The molecule has 3 fully saturated rings. The highest BCUT2D eigenvalue weighted by Crippen LogP contribution is 2.36. The topological polar surface area (TPSA) is 156 Å². The van der Waals surface area contributed by atoms with E-state index in [4.69, 9.17) is 9.84 Å². The third kappa shape index (κ3) is 6.27. The molecule has 14 heteroatoms. The van der Waals surface area contributed by atoms with Crippen LogP contribution in [0, 0.1) is 5.92 Å². The number of nitrogens with zero attached hydrogens (tertiary/aromatic N) is 7. The van der Waals surface area contributed by atoms with E-state index in [1.165, 1.54) is 6.20 Å². The van der Waals surface area contributed by atoms with Gasteiger partial charge in [-0.15, -0.1) is 0 Å². The van der Waals surface area contributed by atoms with Gasteiger partial charge in [-0.05, 0) is 73.8 Å². The first-order valence-corrected chi connectivity index (χ1v) is 18.1. The number of imide groups is 1. The molecule has 6 heterocycles. The molecule has 0 spiro atoms. The highest BCUT2D eigenvalue weighted by molar-refractivity contribution is 6.09. The molecule has 4 aliphatic rings. The lowest BCUT2D eigenvalue weighted by atomic mass is 10.0. The van der Waals surface area contributed by atoms with Crippen LogP contribution in [0.25, 0.3) is 16.6 Å². The van der Waals surface area contributed by atoms with Crippen LogP contribution >= 0.6 is 0 Å². The molecule has 3 aromatic heterocycles. The van der Waals surface area contributed by atoms with E-state index in [-0.39, 0.29) is 30.2 Å². The summed E-state index contributed by atoms with van der Waals surface area (Å²) in [4.78, 5) is 58.9. The molecule has 2 N–H and O–H groups in total. The van der Waals surface area contributed by atoms with Crippen LogP contribution in [0.2, 0.25) is 0 Å². The van der Waals surface area contributed by atoms with Gasteiger partial charge in [-0.25, -0.2) is 9.50 Å². The van der Waals surface area contributed by atoms with Crippen molar-refractivity contribution in [1.29, 1.82) is 0 Å². The maximum atomic E-state index is 13.4. The van der Waals surface area contributed by atoms with Crippen LogP contribution in [-0.4, -0.2) is 90.1 Å². The number of carbonyl (C=O) groups is 4. The molecule has 1 atom stereocenters. The summed E-state index contributed by atoms with van der Waals surface area (Å²) < 4.78 is 9.87. The number of hydrogen-bond acceptors (Lipinski definition) is 9. The van der Waals surface area contributed by atoms with E-state index in [0.29, 0.717) is 53.7 Å². The van der Waals surface area contributed by atoms with Crippen molar-refractivity contribution in [3.8, 4) is 5.75 Å². The second-order valence-electron chi connectivity index (χ2n) is 14.4. The molecule has 9 rings (SSSR count). The Morgan fingerprint density at radius 1 is 1.04 bits per heavy atom. The Morgan fingerprint density at radius 3 is 2.73 bits per heavy atom. The van der Waals surface area contributed by atoms with Crippen LogP contribution in [0.5, 0.6) is 5.75 Å². The number of carbonyl (C=O) groups excluding carboxylic acids is 4. The fraction of sp³-hybridized carbons (Fsp3) is 0.395. The molecule has 3 aliphatic heterocycles. The number of aromatic nitrogens is 5. The van der Waals surface area contributed by atoms with Gasteiger partial charge in [0.25, 0.3) is 11.8 Å². The minimum Gasteiger partial charge on any atom is -0.491 e. The second-order valence-corrected chi connectivity index (χ2v) is 14.4. The van der Waals surface area contributed by atoms with E-state index in [1.54, 1.807) is 27.9 Å². The van der Waals surface area contributed by atoms with Gasteiger partial charge < -0.3 is 19.9 Å². The number of likely N-dealkylation sites (tertiary alicyclic amines) is 1. The molecule has 2 aromatic carbocycles. The van der Waals surface area contributed by atoms with Gasteiger partial charge in [0.1, 0.15) is 17.4 Å². The van der Waals surface area contributed by atoms with Gasteiger partial charge in [0.15, 0.2) is 5.65 Å². The Hall–Kier alpha value is -5.63. The Morgan fingerprint density at radius 2 is 1.90 bits per heavy atom. The van der Waals surface area contributed by atoms with Gasteiger partial charge >= 0.3 is 0 Å². The number of nitrogens with one attached hydrogen (secondary N) is 2. The zero-order chi connectivity index (χ0) is 35.3. The zero-order valence-corrected chi connectivity index (χ0v) is 28.7. The minimum absolute atomic E-state index is 0.145. The number of benzene rings is 2. The van der Waals surface area contributed by atoms with Gasteiger partial charge in [0.2, 0.25) is 11.8 Å². The smallest absolute Gasteiger partial charge is 0.261 e. The van der Waals surface area contributed by atoms with Crippen molar-refractivity contribution in [2.45, 2.75) is 63.6 Å². The summed E-state index contributed by atoms with van der Waals surface area (Å²) in [6.45, 7) is 3.79. The van der Waals surface area contributed by atoms with Crippen molar-refractivity contribution in [2.24, 2.45) is 5.92 Å². The van der Waals surface area contributed by atoms with Crippen molar-refractivity contribution in [3.63, 3.8) is 0 Å². The summed E-state index contributed by atoms with van der Waals surface area (Å²) in [6, 6.07) is 11.3. The first-order valence-electron chi connectivity index (χ1n) is 18.1. The maximum absolute atomic E-state index is 13.4. The standard InChI is InChI=1S/C38H39N9O5/c48-34-7-6-32(37(50)42-34)45-20-25-16-23(4-5-28(25)38(45)51)8-13-44-14-9-27(10-15-44)47-21-26-17-31(33(18-30(26)43-47)52-22-24-2-3-24)41-36(49)29-19-40-46-12-1-11-39-35(29)46/h1,4-5,11-12,16-19,21,24,27,32H,2-3,6-10,13-15,20,22H2,(H,41,49)(H,42,48,50). The third-order valence-corrected chi connectivity index (χ3v) is 10.8. The van der Waals surface area contributed by atoms with E-state index in [1.807, 2.05) is 24.3 Å². The minimum atomic E-state index is -0.604. The maximum Gasteiger partial charge on any atom is 0.261 e. The molecule has 52 heavy (non-hydrogen) atoms. The predicted octanol–water partition coefficient (Wildman–Crippen LogP) is 3.76. The number of hydrogen-bond donors (Lipinski definition) is 2. The molecule has 2 saturated heterocycles. The Kier molecular flexibility index (Phi) is 8.17. The Balaban J connectivity index is 0.836. The highest BCUT2D eigenvalue weighted by atomic mass is 16.5. The van der Waals surface area contributed by atoms with Gasteiger partial charge in [0, 0.05) is 68.2 Å². The van der Waals surface area contributed by atoms with Crippen LogP contribution in [0.3, 0.4) is 0 Å². The number of anilines is 1. The first-order chi connectivity index (χ1) is 25.4. The summed E-state index contributed by atoms with van der Waals surface area (Å²) in [5.41, 5.74) is 5.05. The normalized spacial score (nSPS) is 19.7. The first kappa shape index (κ1) is 32.3. The monoisotopic (exact) mass is 701 g/mol. The largest absolute Gasteiger partial charge is 0.491 e. The number of ether oxygens (including phenoxy) is 1. The zero-order valence-electron chi connectivity index (χ0n) is 28.7. The molecule has 1 unspecified atom stereocenters. The fourth-order valence-corrected chi connectivity index (χ4v) is 7.62. The van der Waals surface area contributed by atoms with Crippen molar-refractivity contribution in [1.82, 2.24) is 39.5 Å². The Bertz CT molecular complexity index is 2230. The van der Waals surface area contributed by atoms with Crippen molar-refractivity contribution in [2.75, 3.05) is 31.6 Å². The summed E-state index contributed by atoms with van der Waals surface area (Å²) in [7, 11) is 0. The van der Waals surface area contributed by atoms with Gasteiger partial charge in [0.05, 0.1) is 30.0 Å². The van der Waals surface area contributed by atoms with E-state index < -0.39 is 11.9 Å². The lowest BCUT2D eigenvalue weighted by molar-refractivity contribution is -0.136. The molecule has 1 saturated carbocycles. The van der Waals surface area contributed by atoms with Gasteiger partial charge in [-0.2, -0.15) is 10.2 Å². The second kappa shape index (κ2) is 13.2. The molecule has 266 valence electrons. The quantitative estimate of drug-likeness (QED) is 0.207. The van der Waals surface area contributed by atoms with Crippen molar-refractivity contribution < 1.29 is 23.9 Å². The molecular weight excluding hydrogens is 662 g/mol. The van der Waals surface area contributed by atoms with Crippen LogP contribution in [0.4, 0.5) is 5.69 Å². The number of fused-ring (bicyclic) bond motifs is 3. The SMILES string of the molecule is O=C1CCC(N2Cc3cc(CCN4CCC(n5cc6cc(NC(=O)c7cnn8cccnc78)c(OCC7CC7)cc6n5)CC4)ccc3C2=O)C(=O)N1. The molecule has 1 aliphatic carbocycles. The van der Waals surface area contributed by atoms with E-state index in [2.05, 4.69) is 42.6 Å². The number of rotatable bonds is 10. The summed E-state index contributed by atoms with van der Waals surface area (Å²) in [5, 5.41) is 15.6. The van der Waals surface area contributed by atoms with Crippen molar-refractivity contribution >= 4 is 45.9 Å². The third-order valence-electron chi connectivity index (χ3n) is 10.8. The lowest BCUT2D eigenvalue weighted by Gasteiger charge is -2.32. The molecule has 5 aromatic rings. The van der Waals surface area contributed by atoms with Crippen LogP contribution < -0.4 is 15.4 Å². The fourth-order valence-electron chi connectivity index (χ4n) is 7.62. The highest BCUT2D eigenvalue weighted by Gasteiger charge is 2.39. The average molecular weight is 702 g/mol. The Labute approximate surface area is 299 Å². The van der Waals surface area contributed by atoms with E-state index in [0.717, 1.165) is 73.8 Å². The summed E-state index contributed by atoms with van der Waals surface area (Å²) >= 11 is 0. The van der Waals surface area contributed by atoms with Gasteiger partial charge in [-0.3, -0.25) is 29.2 Å². The predicted molar refractivity (Wildman–Crippen MR) is 190 cm³/mol. The van der Waals surface area contributed by atoms with E-state index in [9.17, 15) is 19.2 Å². The van der Waals surface area contributed by atoms with Crippen LogP contribution in [0.1, 0.15) is 76.4 Å². The van der Waals surface area contributed by atoms with Crippen LogP contribution in [0.15, 0.2) is 61.2 Å². The molecule has 4 amide bonds. The average Bonchev–Trinajstić information content (AvgIpc) is 3.58. The molecule has 14 nitrogen and oxygen atoms in total. The molecule has 0 radical (unpaired) electrons. The lowest BCUT2D eigenvalue weighted by Crippen LogP contribution is -2.52. The van der Waals surface area contributed by atoms with Crippen molar-refractivity contribution in [3.05, 3.63) is 83.4 Å². The van der Waals surface area contributed by atoms with E-state index >= 15 is 0 Å². The summed E-state index contributed by atoms with van der Waals surface area (Å²) in [5.74, 6) is 0.0390. The number of piperidine rings is 2. The summed E-state index contributed by atoms with van der Waals surface area (Å²) in [6.07, 6.45) is 12.7. The number of amides is 4. The molecular formula is C38H39N9O5. The van der Waals surface area contributed by atoms with Gasteiger partial charge in [-0.1, -0.05) is 12.1 Å².